The summed E-state index contributed by atoms with van der Waals surface area (Å²) in [5, 5.41) is 2.64. The van der Waals surface area contributed by atoms with Crippen molar-refractivity contribution < 1.29 is 9.53 Å². The molecule has 122 valence electrons. The molecule has 5 heteroatoms. The van der Waals surface area contributed by atoms with Crippen molar-refractivity contribution in [2.45, 2.75) is 6.92 Å². The average molecular weight is 338 g/mol. The number of thiazole rings is 1. The van der Waals surface area contributed by atoms with Gasteiger partial charge in [0.15, 0.2) is 0 Å². The lowest BCUT2D eigenvalue weighted by Gasteiger charge is -2.19. The quantitative estimate of drug-likeness (QED) is 0.688. The number of aromatic nitrogens is 1. The van der Waals surface area contributed by atoms with Crippen molar-refractivity contribution in [3.8, 4) is 16.3 Å². The molecule has 0 aliphatic carbocycles. The fourth-order valence-electron chi connectivity index (χ4n) is 2.43. The largest absolute Gasteiger partial charge is 0.497 e. The van der Waals surface area contributed by atoms with E-state index in [0.29, 0.717) is 12.2 Å². The topological polar surface area (TPSA) is 42.4 Å². The van der Waals surface area contributed by atoms with Crippen LogP contribution in [0.4, 0.5) is 5.69 Å². The van der Waals surface area contributed by atoms with Crippen LogP contribution in [0.2, 0.25) is 0 Å². The van der Waals surface area contributed by atoms with Gasteiger partial charge >= 0.3 is 0 Å². The van der Waals surface area contributed by atoms with Crippen molar-refractivity contribution >= 4 is 22.9 Å². The monoisotopic (exact) mass is 338 g/mol. The molecular weight excluding hydrogens is 320 g/mol. The maximum absolute atomic E-state index is 12.8. The van der Waals surface area contributed by atoms with Crippen molar-refractivity contribution in [1.29, 1.82) is 0 Å². The summed E-state index contributed by atoms with van der Waals surface area (Å²) in [5.41, 5.74) is 2.32. The Balaban J connectivity index is 1.84. The van der Waals surface area contributed by atoms with Crippen LogP contribution in [0.5, 0.6) is 5.75 Å². The first-order valence-electron chi connectivity index (χ1n) is 7.69. The van der Waals surface area contributed by atoms with Gasteiger partial charge in [0.05, 0.1) is 7.11 Å². The molecule has 0 radical (unpaired) electrons. The number of ether oxygens (including phenoxy) is 1. The molecule has 0 bridgehead atoms. The Bertz CT molecular complexity index is 813. The van der Waals surface area contributed by atoms with Crippen LogP contribution in [0.3, 0.4) is 0 Å². The summed E-state index contributed by atoms with van der Waals surface area (Å²) >= 11 is 1.47. The molecule has 0 saturated heterocycles. The zero-order valence-electron chi connectivity index (χ0n) is 13.6. The van der Waals surface area contributed by atoms with Crippen LogP contribution in [0.1, 0.15) is 17.4 Å². The number of para-hydroxylation sites is 1. The van der Waals surface area contributed by atoms with Gasteiger partial charge in [-0.05, 0) is 43.3 Å². The molecule has 1 amide bonds. The lowest BCUT2D eigenvalue weighted by molar-refractivity contribution is 0.0984. The summed E-state index contributed by atoms with van der Waals surface area (Å²) in [6, 6.07) is 17.3. The molecule has 0 aliphatic heterocycles. The van der Waals surface area contributed by atoms with Crippen LogP contribution in [0.15, 0.2) is 60.0 Å². The maximum atomic E-state index is 12.8. The number of anilines is 1. The molecule has 0 atom stereocenters. The SMILES string of the molecule is CCN(C(=O)c1csc(-c2ccc(OC)cc2)n1)c1ccccc1. The zero-order valence-corrected chi connectivity index (χ0v) is 14.4. The molecule has 0 fully saturated rings. The summed E-state index contributed by atoms with van der Waals surface area (Å²) in [7, 11) is 1.64. The first-order valence-corrected chi connectivity index (χ1v) is 8.57. The molecule has 1 aromatic heterocycles. The molecule has 0 unspecified atom stereocenters. The van der Waals surface area contributed by atoms with E-state index in [1.165, 1.54) is 11.3 Å². The van der Waals surface area contributed by atoms with E-state index in [2.05, 4.69) is 4.98 Å². The van der Waals surface area contributed by atoms with Crippen LogP contribution in [0, 0.1) is 0 Å². The van der Waals surface area contributed by atoms with E-state index in [9.17, 15) is 4.79 Å². The number of carbonyl (C=O) groups excluding carboxylic acids is 1. The molecule has 1 heterocycles. The highest BCUT2D eigenvalue weighted by molar-refractivity contribution is 7.13. The van der Waals surface area contributed by atoms with E-state index in [4.69, 9.17) is 4.74 Å². The summed E-state index contributed by atoms with van der Waals surface area (Å²) in [6.07, 6.45) is 0. The minimum Gasteiger partial charge on any atom is -0.497 e. The van der Waals surface area contributed by atoms with Gasteiger partial charge in [-0.2, -0.15) is 0 Å². The second-order valence-corrected chi connectivity index (χ2v) is 6.01. The Morgan fingerprint density at radius 2 is 1.83 bits per heavy atom. The van der Waals surface area contributed by atoms with Crippen LogP contribution < -0.4 is 9.64 Å². The lowest BCUT2D eigenvalue weighted by Crippen LogP contribution is -2.30. The van der Waals surface area contributed by atoms with E-state index in [1.54, 1.807) is 12.0 Å². The number of hydrogen-bond donors (Lipinski definition) is 0. The molecule has 0 N–H and O–H groups in total. The van der Waals surface area contributed by atoms with E-state index >= 15 is 0 Å². The number of carbonyl (C=O) groups is 1. The second kappa shape index (κ2) is 7.27. The Morgan fingerprint density at radius 3 is 2.46 bits per heavy atom. The second-order valence-electron chi connectivity index (χ2n) is 5.15. The first kappa shape index (κ1) is 16.2. The number of methoxy groups -OCH3 is 1. The predicted octanol–water partition coefficient (Wildman–Crippen LogP) is 4.49. The fourth-order valence-corrected chi connectivity index (χ4v) is 3.23. The predicted molar refractivity (Wildman–Crippen MR) is 97.9 cm³/mol. The van der Waals surface area contributed by atoms with E-state index in [1.807, 2.05) is 66.9 Å². The number of hydrogen-bond acceptors (Lipinski definition) is 4. The van der Waals surface area contributed by atoms with Crippen LogP contribution in [0.25, 0.3) is 10.6 Å². The van der Waals surface area contributed by atoms with Gasteiger partial charge in [0.1, 0.15) is 16.5 Å². The van der Waals surface area contributed by atoms with E-state index < -0.39 is 0 Å². The first-order chi connectivity index (χ1) is 11.7. The molecule has 3 aromatic rings. The summed E-state index contributed by atoms with van der Waals surface area (Å²) < 4.78 is 5.17. The fraction of sp³-hybridized carbons (Fsp3) is 0.158. The normalized spacial score (nSPS) is 10.4. The number of benzene rings is 2. The number of amides is 1. The van der Waals surface area contributed by atoms with Crippen molar-refractivity contribution in [2.75, 3.05) is 18.6 Å². The standard InChI is InChI=1S/C19H18N2O2S/c1-3-21(15-7-5-4-6-8-15)19(22)17-13-24-18(20-17)14-9-11-16(23-2)12-10-14/h4-13H,3H2,1-2H3. The van der Waals surface area contributed by atoms with Crippen LogP contribution >= 0.6 is 11.3 Å². The van der Waals surface area contributed by atoms with Crippen molar-refractivity contribution in [1.82, 2.24) is 4.98 Å². The Morgan fingerprint density at radius 1 is 1.12 bits per heavy atom. The van der Waals surface area contributed by atoms with Crippen molar-refractivity contribution in [3.63, 3.8) is 0 Å². The van der Waals surface area contributed by atoms with Gasteiger partial charge in [-0.1, -0.05) is 18.2 Å². The lowest BCUT2D eigenvalue weighted by atomic mass is 10.2. The summed E-state index contributed by atoms with van der Waals surface area (Å²) in [5.74, 6) is 0.715. The Hall–Kier alpha value is -2.66. The van der Waals surface area contributed by atoms with E-state index in [-0.39, 0.29) is 5.91 Å². The summed E-state index contributed by atoms with van der Waals surface area (Å²) in [4.78, 5) is 19.0. The van der Waals surface area contributed by atoms with Gasteiger partial charge in [-0.25, -0.2) is 4.98 Å². The van der Waals surface area contributed by atoms with Gasteiger partial charge in [-0.3, -0.25) is 4.79 Å². The third-order valence-electron chi connectivity index (χ3n) is 3.69. The molecule has 0 aliphatic rings. The molecule has 0 spiro atoms. The third-order valence-corrected chi connectivity index (χ3v) is 4.58. The van der Waals surface area contributed by atoms with Gasteiger partial charge < -0.3 is 9.64 Å². The van der Waals surface area contributed by atoms with E-state index in [0.717, 1.165) is 22.0 Å². The Labute approximate surface area is 145 Å². The van der Waals surface area contributed by atoms with Crippen LogP contribution in [-0.2, 0) is 0 Å². The summed E-state index contributed by atoms with van der Waals surface area (Å²) in [6.45, 7) is 2.56. The molecule has 24 heavy (non-hydrogen) atoms. The Kier molecular flexibility index (Phi) is 4.91. The van der Waals surface area contributed by atoms with Gasteiger partial charge in [0.25, 0.3) is 5.91 Å². The minimum atomic E-state index is -0.0836. The molecule has 0 saturated carbocycles. The van der Waals surface area contributed by atoms with Crippen molar-refractivity contribution in [2.24, 2.45) is 0 Å². The molecule has 4 nitrogen and oxygen atoms in total. The highest BCUT2D eigenvalue weighted by Gasteiger charge is 2.19. The van der Waals surface area contributed by atoms with Gasteiger partial charge in [0.2, 0.25) is 0 Å². The molecule has 3 rings (SSSR count). The van der Waals surface area contributed by atoms with Gasteiger partial charge in [-0.15, -0.1) is 11.3 Å². The number of rotatable bonds is 5. The smallest absolute Gasteiger partial charge is 0.277 e. The average Bonchev–Trinajstić information content (AvgIpc) is 3.13. The molecular formula is C19H18N2O2S. The highest BCUT2D eigenvalue weighted by Crippen LogP contribution is 2.27. The van der Waals surface area contributed by atoms with Gasteiger partial charge in [0, 0.05) is 23.2 Å². The maximum Gasteiger partial charge on any atom is 0.277 e. The number of nitrogens with zero attached hydrogens (tertiary/aromatic N) is 2. The highest BCUT2D eigenvalue weighted by atomic mass is 32.1. The van der Waals surface area contributed by atoms with Crippen LogP contribution in [-0.4, -0.2) is 24.5 Å². The van der Waals surface area contributed by atoms with Crippen molar-refractivity contribution in [3.05, 3.63) is 65.7 Å². The zero-order chi connectivity index (χ0) is 16.9. The molecule has 2 aromatic carbocycles. The third kappa shape index (κ3) is 3.31. The minimum absolute atomic E-state index is 0.0836.